The third kappa shape index (κ3) is 4.43. The van der Waals surface area contributed by atoms with Crippen molar-refractivity contribution < 1.29 is 14.3 Å². The van der Waals surface area contributed by atoms with Crippen LogP contribution in [-0.4, -0.2) is 29.9 Å². The highest BCUT2D eigenvalue weighted by Crippen LogP contribution is 2.26. The van der Waals surface area contributed by atoms with E-state index in [2.05, 4.69) is 10.4 Å². The molecule has 1 N–H and O–H groups in total. The molecule has 0 aliphatic carbocycles. The molecule has 4 aromatic rings. The largest absolute Gasteiger partial charge is 0.497 e. The third-order valence-corrected chi connectivity index (χ3v) is 4.99. The van der Waals surface area contributed by atoms with Crippen LogP contribution in [-0.2, 0) is 0 Å². The number of carbonyl (C=O) groups is 1. The summed E-state index contributed by atoms with van der Waals surface area (Å²) < 4.78 is 12.3. The maximum atomic E-state index is 13.3. The molecule has 156 valence electrons. The van der Waals surface area contributed by atoms with Crippen molar-refractivity contribution in [2.75, 3.05) is 14.2 Å². The van der Waals surface area contributed by atoms with E-state index >= 15 is 0 Å². The van der Waals surface area contributed by atoms with Gasteiger partial charge in [0.2, 0.25) is 0 Å². The molecule has 0 spiro atoms. The molecule has 1 unspecified atom stereocenters. The monoisotopic (exact) mass is 413 g/mol. The minimum atomic E-state index is -0.355. The van der Waals surface area contributed by atoms with Crippen LogP contribution in [0.3, 0.4) is 0 Å². The van der Waals surface area contributed by atoms with Crippen LogP contribution < -0.4 is 14.8 Å². The van der Waals surface area contributed by atoms with Crippen LogP contribution in [0.15, 0.2) is 91.1 Å². The summed E-state index contributed by atoms with van der Waals surface area (Å²) in [5, 5.41) is 7.59. The lowest BCUT2D eigenvalue weighted by Crippen LogP contribution is -2.30. The van der Waals surface area contributed by atoms with E-state index in [9.17, 15) is 4.79 Å². The lowest BCUT2D eigenvalue weighted by Gasteiger charge is -2.20. The Labute approximate surface area is 181 Å². The van der Waals surface area contributed by atoms with Crippen LogP contribution in [0.2, 0.25) is 0 Å². The van der Waals surface area contributed by atoms with Gasteiger partial charge in [0.25, 0.3) is 5.91 Å². The van der Waals surface area contributed by atoms with Crippen molar-refractivity contribution in [2.45, 2.75) is 6.04 Å². The lowest BCUT2D eigenvalue weighted by molar-refractivity contribution is 0.0934. The number of amides is 1. The van der Waals surface area contributed by atoms with Crippen molar-refractivity contribution in [2.24, 2.45) is 0 Å². The van der Waals surface area contributed by atoms with E-state index in [0.29, 0.717) is 5.75 Å². The van der Waals surface area contributed by atoms with Crippen molar-refractivity contribution in [3.8, 4) is 17.2 Å². The number of nitrogens with one attached hydrogen (secondary N) is 1. The number of methoxy groups -OCH3 is 2. The quantitative estimate of drug-likeness (QED) is 0.487. The fourth-order valence-corrected chi connectivity index (χ4v) is 3.38. The molecule has 1 amide bonds. The Kier molecular flexibility index (Phi) is 5.98. The minimum absolute atomic E-state index is 0.223. The average Bonchev–Trinajstić information content (AvgIpc) is 3.28. The molecule has 0 radical (unpaired) electrons. The molecule has 6 nitrogen and oxygen atoms in total. The number of hydrogen-bond acceptors (Lipinski definition) is 4. The fourth-order valence-electron chi connectivity index (χ4n) is 3.38. The summed E-state index contributed by atoms with van der Waals surface area (Å²) in [7, 11) is 3.15. The van der Waals surface area contributed by atoms with Gasteiger partial charge in [0, 0.05) is 0 Å². The number of nitrogens with zero attached hydrogens (tertiary/aromatic N) is 2. The van der Waals surface area contributed by atoms with Crippen molar-refractivity contribution in [3.63, 3.8) is 0 Å². The first-order chi connectivity index (χ1) is 15.2. The topological polar surface area (TPSA) is 65.4 Å². The van der Waals surface area contributed by atoms with Crippen LogP contribution in [0.4, 0.5) is 0 Å². The zero-order valence-corrected chi connectivity index (χ0v) is 17.4. The highest BCUT2D eigenvalue weighted by Gasteiger charge is 2.23. The van der Waals surface area contributed by atoms with Crippen LogP contribution in [0, 0.1) is 0 Å². The zero-order chi connectivity index (χ0) is 21.6. The van der Waals surface area contributed by atoms with Crippen molar-refractivity contribution in [1.82, 2.24) is 15.1 Å². The Balaban J connectivity index is 1.67. The van der Waals surface area contributed by atoms with Gasteiger partial charge < -0.3 is 14.8 Å². The van der Waals surface area contributed by atoms with E-state index in [0.717, 1.165) is 22.6 Å². The summed E-state index contributed by atoms with van der Waals surface area (Å²) in [6.07, 6.45) is 1.70. The van der Waals surface area contributed by atoms with Gasteiger partial charge in [0.15, 0.2) is 11.4 Å². The SMILES string of the molecule is COc1ccc(C(NC(=O)c2nn(-c3ccccc3)cc2OC)c2ccccc2)cc1. The molecule has 0 saturated carbocycles. The van der Waals surface area contributed by atoms with Gasteiger partial charge in [0.1, 0.15) is 5.75 Å². The first-order valence-electron chi connectivity index (χ1n) is 9.88. The highest BCUT2D eigenvalue weighted by molar-refractivity contribution is 5.95. The molecule has 31 heavy (non-hydrogen) atoms. The summed E-state index contributed by atoms with van der Waals surface area (Å²) in [6.45, 7) is 0. The Bertz CT molecular complexity index is 1140. The van der Waals surface area contributed by atoms with Gasteiger partial charge in [0.05, 0.1) is 32.1 Å². The summed E-state index contributed by atoms with van der Waals surface area (Å²) in [6, 6.07) is 26.7. The summed E-state index contributed by atoms with van der Waals surface area (Å²) in [5.74, 6) is 0.837. The third-order valence-electron chi connectivity index (χ3n) is 4.99. The van der Waals surface area contributed by atoms with Gasteiger partial charge in [-0.05, 0) is 35.4 Å². The molecule has 0 bridgehead atoms. The Hall–Kier alpha value is -4.06. The second kappa shape index (κ2) is 9.17. The predicted molar refractivity (Wildman–Crippen MR) is 119 cm³/mol. The summed E-state index contributed by atoms with van der Waals surface area (Å²) >= 11 is 0. The molecule has 4 rings (SSSR count). The number of para-hydroxylation sites is 1. The Morgan fingerprint density at radius 1 is 0.839 bits per heavy atom. The van der Waals surface area contributed by atoms with E-state index in [1.54, 1.807) is 18.0 Å². The van der Waals surface area contributed by atoms with Gasteiger partial charge in [-0.15, -0.1) is 0 Å². The van der Waals surface area contributed by atoms with Crippen LogP contribution in [0.1, 0.15) is 27.7 Å². The molecule has 0 aliphatic rings. The second-order valence-electron chi connectivity index (χ2n) is 6.92. The number of carbonyl (C=O) groups excluding carboxylic acids is 1. The fraction of sp³-hybridized carbons (Fsp3) is 0.120. The number of rotatable bonds is 7. The van der Waals surface area contributed by atoms with E-state index < -0.39 is 0 Å². The molecule has 1 aromatic heterocycles. The highest BCUT2D eigenvalue weighted by atomic mass is 16.5. The second-order valence-corrected chi connectivity index (χ2v) is 6.92. The van der Waals surface area contributed by atoms with Crippen LogP contribution >= 0.6 is 0 Å². The molecular weight excluding hydrogens is 390 g/mol. The normalized spacial score (nSPS) is 11.5. The van der Waals surface area contributed by atoms with Crippen molar-refractivity contribution >= 4 is 5.91 Å². The molecule has 0 fully saturated rings. The van der Waals surface area contributed by atoms with Gasteiger partial charge in [-0.25, -0.2) is 4.68 Å². The van der Waals surface area contributed by atoms with E-state index in [1.807, 2.05) is 84.9 Å². The van der Waals surface area contributed by atoms with Crippen LogP contribution in [0.25, 0.3) is 5.69 Å². The smallest absolute Gasteiger partial charge is 0.276 e. The predicted octanol–water partition coefficient (Wildman–Crippen LogP) is 4.41. The van der Waals surface area contributed by atoms with E-state index in [-0.39, 0.29) is 17.6 Å². The standard InChI is InChI=1S/C25H23N3O3/c1-30-21-15-13-19(14-16-21)23(18-9-5-3-6-10-18)26-25(29)24-22(31-2)17-28(27-24)20-11-7-4-8-12-20/h3-17,23H,1-2H3,(H,26,29). The molecule has 6 heteroatoms. The molecule has 1 heterocycles. The van der Waals surface area contributed by atoms with Crippen LogP contribution in [0.5, 0.6) is 11.5 Å². The number of hydrogen-bond donors (Lipinski definition) is 1. The number of benzene rings is 3. The van der Waals surface area contributed by atoms with E-state index in [1.165, 1.54) is 7.11 Å². The number of aromatic nitrogens is 2. The summed E-state index contributed by atoms with van der Waals surface area (Å²) in [4.78, 5) is 13.3. The maximum Gasteiger partial charge on any atom is 0.276 e. The molecule has 1 atom stereocenters. The van der Waals surface area contributed by atoms with Crippen molar-refractivity contribution in [1.29, 1.82) is 0 Å². The summed E-state index contributed by atoms with van der Waals surface area (Å²) in [5.41, 5.74) is 2.96. The van der Waals surface area contributed by atoms with Gasteiger partial charge >= 0.3 is 0 Å². The first-order valence-corrected chi connectivity index (χ1v) is 9.88. The van der Waals surface area contributed by atoms with Gasteiger partial charge in [-0.2, -0.15) is 5.10 Å². The van der Waals surface area contributed by atoms with Crippen molar-refractivity contribution in [3.05, 3.63) is 108 Å². The first kappa shape index (κ1) is 20.2. The molecule has 0 saturated heterocycles. The number of ether oxygens (including phenoxy) is 2. The average molecular weight is 413 g/mol. The zero-order valence-electron chi connectivity index (χ0n) is 17.4. The molecular formula is C25H23N3O3. The molecule has 3 aromatic carbocycles. The minimum Gasteiger partial charge on any atom is -0.497 e. The lowest BCUT2D eigenvalue weighted by atomic mass is 9.98. The Morgan fingerprint density at radius 3 is 2.06 bits per heavy atom. The Morgan fingerprint density at radius 2 is 1.45 bits per heavy atom. The van der Waals surface area contributed by atoms with Gasteiger partial charge in [-0.1, -0.05) is 60.7 Å². The maximum absolute atomic E-state index is 13.3. The van der Waals surface area contributed by atoms with E-state index in [4.69, 9.17) is 9.47 Å². The molecule has 0 aliphatic heterocycles. The van der Waals surface area contributed by atoms with Gasteiger partial charge in [-0.3, -0.25) is 4.79 Å².